The molecule has 8 bridgehead atoms. The summed E-state index contributed by atoms with van der Waals surface area (Å²) >= 11 is 0. The summed E-state index contributed by atoms with van der Waals surface area (Å²) in [6, 6.07) is 19.7. The zero-order valence-corrected chi connectivity index (χ0v) is 31.7. The first-order valence-corrected chi connectivity index (χ1v) is 21.3. The van der Waals surface area contributed by atoms with Gasteiger partial charge in [0.2, 0.25) is 0 Å². The van der Waals surface area contributed by atoms with E-state index in [1.807, 2.05) is 0 Å². The number of aromatic nitrogens is 4. The smallest absolute Gasteiger partial charge is 0.0815 e. The van der Waals surface area contributed by atoms with Crippen molar-refractivity contribution >= 4 is 65.6 Å². The van der Waals surface area contributed by atoms with E-state index < -0.39 is 0 Å². The second-order valence-electron chi connectivity index (χ2n) is 15.6. The highest BCUT2D eigenvalue weighted by atomic mass is 31.1. The van der Waals surface area contributed by atoms with Crippen molar-refractivity contribution in [3.8, 4) is 23.7 Å². The zero-order valence-electron chi connectivity index (χ0n) is 30.7. The summed E-state index contributed by atoms with van der Waals surface area (Å²) in [4.78, 5) is 18.6. The van der Waals surface area contributed by atoms with Gasteiger partial charge in [-0.2, -0.15) is 0 Å². The maximum absolute atomic E-state index is 5.46. The molecule has 3 aromatic heterocycles. The van der Waals surface area contributed by atoms with Crippen LogP contribution < -0.4 is 10.6 Å². The predicted molar refractivity (Wildman–Crippen MR) is 226 cm³/mol. The molecule has 3 aliphatic carbocycles. The topological polar surface area (TPSA) is 57.4 Å². The molecule has 0 radical (unpaired) electrons. The van der Waals surface area contributed by atoms with Gasteiger partial charge in [-0.25, -0.2) is 9.97 Å². The van der Waals surface area contributed by atoms with Crippen LogP contribution in [0.1, 0.15) is 142 Å². The fourth-order valence-electron chi connectivity index (χ4n) is 8.95. The highest BCUT2D eigenvalue weighted by Crippen LogP contribution is 2.38. The van der Waals surface area contributed by atoms with Crippen LogP contribution in [-0.2, 0) is 0 Å². The minimum absolute atomic E-state index is 0.430. The third-order valence-electron chi connectivity index (χ3n) is 11.9. The van der Waals surface area contributed by atoms with E-state index in [1.165, 1.54) is 112 Å². The molecular formula is C48H49N4P. The summed E-state index contributed by atoms with van der Waals surface area (Å²) in [5, 5.41) is 2.47. The molecule has 0 spiro atoms. The van der Waals surface area contributed by atoms with Crippen molar-refractivity contribution in [2.45, 2.75) is 102 Å². The normalized spacial score (nSPS) is 18.2. The lowest BCUT2D eigenvalue weighted by Crippen LogP contribution is -2.07. The Bertz CT molecular complexity index is 2330. The summed E-state index contributed by atoms with van der Waals surface area (Å²) < 4.78 is 0. The average molecular weight is 713 g/mol. The Morgan fingerprint density at radius 2 is 0.981 bits per heavy atom. The lowest BCUT2D eigenvalue weighted by atomic mass is 9.83. The van der Waals surface area contributed by atoms with Gasteiger partial charge in [0.15, 0.2) is 0 Å². The predicted octanol–water partition coefficient (Wildman–Crippen LogP) is 11.2. The summed E-state index contributed by atoms with van der Waals surface area (Å²) in [5.74, 6) is 16.2. The van der Waals surface area contributed by atoms with Crippen LogP contribution in [0.5, 0.6) is 0 Å². The number of hydrogen-bond donors (Lipinski definition) is 2. The summed E-state index contributed by atoms with van der Waals surface area (Å²) in [6.07, 6.45) is 27.6. The lowest BCUT2D eigenvalue weighted by molar-refractivity contribution is 0.444. The van der Waals surface area contributed by atoms with E-state index in [1.54, 1.807) is 0 Å². The van der Waals surface area contributed by atoms with E-state index >= 15 is 0 Å². The first-order valence-electron chi connectivity index (χ1n) is 20.3. The van der Waals surface area contributed by atoms with Crippen LogP contribution in [0.3, 0.4) is 0 Å². The first kappa shape index (κ1) is 34.2. The Kier molecular flexibility index (Phi) is 10.2. The van der Waals surface area contributed by atoms with Gasteiger partial charge in [-0.3, -0.25) is 0 Å². The molecule has 0 saturated heterocycles. The van der Waals surface area contributed by atoms with Crippen LogP contribution in [0.2, 0.25) is 0 Å². The summed E-state index contributed by atoms with van der Waals surface area (Å²) in [7, 11) is 0.430. The molecule has 5 heterocycles. The van der Waals surface area contributed by atoms with Gasteiger partial charge >= 0.3 is 0 Å². The Balaban J connectivity index is 1.33. The zero-order chi connectivity index (χ0) is 35.4. The number of hydrogen-bond acceptors (Lipinski definition) is 2. The van der Waals surface area contributed by atoms with E-state index in [0.29, 0.717) is 26.3 Å². The van der Waals surface area contributed by atoms with E-state index in [2.05, 4.69) is 113 Å². The van der Waals surface area contributed by atoms with Gasteiger partial charge in [0.1, 0.15) is 0 Å². The average Bonchev–Trinajstić information content (AvgIpc) is 4.05. The molecule has 1 unspecified atom stereocenters. The minimum atomic E-state index is 0.430. The van der Waals surface area contributed by atoms with Gasteiger partial charge in [-0.15, -0.1) is 0 Å². The summed E-state index contributed by atoms with van der Waals surface area (Å²) in [6.45, 7) is 0. The Hall–Kier alpha value is -4.63. The molecule has 0 amide bonds. The number of nitrogens with one attached hydrogen (secondary N) is 2. The molecule has 2 aliphatic heterocycles. The number of aromatic amines is 2. The van der Waals surface area contributed by atoms with Crippen molar-refractivity contribution in [2.24, 2.45) is 11.8 Å². The van der Waals surface area contributed by atoms with E-state index in [-0.39, 0.29) is 0 Å². The molecule has 5 aliphatic rings. The standard InChI is InChI=1S/C48H49N4P/c1-2-6-14-33(13-5-1)21-23-37-39-25-29-43(49-39)47(35-17-7-3-8-18-35)44-30-26-40(50-44)38(24-22-34-15-11-12-16-34)42-28-32-46(52-42)48(45-31-27-41(37)51-45)53-36-19-9-4-10-20-36/h4,9-10,19-20,25-35,50-51,53H,1-3,5-8,11-18H2. The third-order valence-corrected chi connectivity index (χ3v) is 13.3. The van der Waals surface area contributed by atoms with Crippen molar-refractivity contribution < 1.29 is 0 Å². The van der Waals surface area contributed by atoms with Gasteiger partial charge in [0.25, 0.3) is 0 Å². The number of nitrogens with zero attached hydrogens (tertiary/aromatic N) is 2. The van der Waals surface area contributed by atoms with Crippen molar-refractivity contribution in [3.63, 3.8) is 0 Å². The molecule has 1 atom stereocenters. The van der Waals surface area contributed by atoms with Crippen LogP contribution in [0.15, 0.2) is 54.6 Å². The molecule has 3 fully saturated rings. The molecule has 4 aromatic rings. The first-order chi connectivity index (χ1) is 26.2. The monoisotopic (exact) mass is 712 g/mol. The fourth-order valence-corrected chi connectivity index (χ4v) is 10.1. The second kappa shape index (κ2) is 15.8. The summed E-state index contributed by atoms with van der Waals surface area (Å²) in [5.41, 5.74) is 11.5. The van der Waals surface area contributed by atoms with Crippen LogP contribution in [-0.4, -0.2) is 19.9 Å². The van der Waals surface area contributed by atoms with Crippen LogP contribution in [0.4, 0.5) is 0 Å². The SMILES string of the molecule is C(#CC1CCCCCC1)c1c2nc(c(C3CCCCC3)c3ccc([nH]3)c(C#CC3CCCC3)c3nc(c(Pc4ccccc4)c4ccc1[nH]4)C=C3)C=C2. The maximum Gasteiger partial charge on any atom is 0.0815 e. The van der Waals surface area contributed by atoms with Crippen molar-refractivity contribution in [1.82, 2.24) is 19.9 Å². The van der Waals surface area contributed by atoms with Crippen molar-refractivity contribution in [1.29, 1.82) is 0 Å². The Morgan fingerprint density at radius 1 is 0.491 bits per heavy atom. The number of benzene rings is 1. The quantitative estimate of drug-likeness (QED) is 0.109. The molecule has 3 saturated carbocycles. The molecule has 4 nitrogen and oxygen atoms in total. The maximum atomic E-state index is 5.46. The number of fused-ring (bicyclic) bond motifs is 8. The number of H-pyrrole nitrogens is 2. The van der Waals surface area contributed by atoms with Crippen LogP contribution in [0, 0.1) is 35.5 Å². The highest BCUT2D eigenvalue weighted by Gasteiger charge is 2.23. The van der Waals surface area contributed by atoms with Gasteiger partial charge < -0.3 is 9.97 Å². The van der Waals surface area contributed by atoms with Crippen LogP contribution in [0.25, 0.3) is 46.4 Å². The van der Waals surface area contributed by atoms with Crippen molar-refractivity contribution in [3.05, 3.63) is 94.1 Å². The number of rotatable bonds is 3. The molecule has 9 rings (SSSR count). The third kappa shape index (κ3) is 7.59. The van der Waals surface area contributed by atoms with E-state index in [9.17, 15) is 0 Å². The van der Waals surface area contributed by atoms with Gasteiger partial charge in [-0.1, -0.05) is 120 Å². The Morgan fingerprint density at radius 3 is 1.64 bits per heavy atom. The van der Waals surface area contributed by atoms with Crippen molar-refractivity contribution in [2.75, 3.05) is 0 Å². The van der Waals surface area contributed by atoms with Gasteiger partial charge in [0.05, 0.1) is 44.9 Å². The highest BCUT2D eigenvalue weighted by molar-refractivity contribution is 7.56. The van der Waals surface area contributed by atoms with E-state index in [4.69, 9.17) is 9.97 Å². The fraction of sp³-hybridized carbons (Fsp3) is 0.375. The molecule has 5 heteroatoms. The molecule has 266 valence electrons. The molecule has 2 N–H and O–H groups in total. The lowest BCUT2D eigenvalue weighted by Gasteiger charge is -2.22. The second-order valence-corrected chi connectivity index (χ2v) is 16.9. The Labute approximate surface area is 316 Å². The molecule has 53 heavy (non-hydrogen) atoms. The van der Waals surface area contributed by atoms with E-state index in [0.717, 1.165) is 56.0 Å². The largest absolute Gasteiger partial charge is 0.354 e. The van der Waals surface area contributed by atoms with Crippen LogP contribution >= 0.6 is 8.58 Å². The molecule has 1 aromatic carbocycles. The molecular weight excluding hydrogens is 664 g/mol. The van der Waals surface area contributed by atoms with Gasteiger partial charge in [-0.05, 0) is 98.3 Å². The van der Waals surface area contributed by atoms with Gasteiger partial charge in [0, 0.05) is 33.7 Å². The minimum Gasteiger partial charge on any atom is -0.354 e.